The van der Waals surface area contributed by atoms with Gasteiger partial charge in [-0.3, -0.25) is 14.9 Å². The second-order valence-electron chi connectivity index (χ2n) is 8.26. The first-order valence-corrected chi connectivity index (χ1v) is 11.0. The summed E-state index contributed by atoms with van der Waals surface area (Å²) in [5.74, 6) is 0.0870. The molecule has 0 aliphatic carbocycles. The van der Waals surface area contributed by atoms with Gasteiger partial charge in [-0.15, -0.1) is 0 Å². The van der Waals surface area contributed by atoms with E-state index in [1.807, 2.05) is 6.92 Å². The maximum Gasteiger partial charge on any atom is 0.414 e. The Bertz CT molecular complexity index is 520. The van der Waals surface area contributed by atoms with Crippen LogP contribution >= 0.6 is 0 Å². The molecule has 2 atom stereocenters. The van der Waals surface area contributed by atoms with Crippen LogP contribution in [0.2, 0.25) is 0 Å². The summed E-state index contributed by atoms with van der Waals surface area (Å²) in [5, 5.41) is 5.70. The number of ether oxygens (including phenoxy) is 1. The minimum Gasteiger partial charge on any atom is -0.446 e. The molecule has 2 saturated heterocycles. The Morgan fingerprint density at radius 3 is 2.68 bits per heavy atom. The number of likely N-dealkylation sites (tertiary alicyclic amines) is 1. The first-order valence-electron chi connectivity index (χ1n) is 11.0. The van der Waals surface area contributed by atoms with Gasteiger partial charge in [0.1, 0.15) is 6.10 Å². The summed E-state index contributed by atoms with van der Waals surface area (Å²) < 4.78 is 5.24. The van der Waals surface area contributed by atoms with E-state index < -0.39 is 6.09 Å². The zero-order valence-corrected chi connectivity index (χ0v) is 17.5. The van der Waals surface area contributed by atoms with E-state index in [-0.39, 0.29) is 23.8 Å². The molecule has 3 amide bonds. The van der Waals surface area contributed by atoms with Gasteiger partial charge in [0.05, 0.1) is 5.92 Å². The Balaban J connectivity index is 1.72. The van der Waals surface area contributed by atoms with E-state index in [2.05, 4.69) is 17.6 Å². The van der Waals surface area contributed by atoms with Crippen molar-refractivity contribution in [3.05, 3.63) is 0 Å². The Hall–Kier alpha value is -1.63. The zero-order valence-electron chi connectivity index (χ0n) is 17.5. The summed E-state index contributed by atoms with van der Waals surface area (Å²) in [4.78, 5) is 38.7. The lowest BCUT2D eigenvalue weighted by atomic mass is 9.92. The molecule has 28 heavy (non-hydrogen) atoms. The van der Waals surface area contributed by atoms with Gasteiger partial charge in [-0.2, -0.15) is 0 Å². The molecule has 0 unspecified atom stereocenters. The van der Waals surface area contributed by atoms with Gasteiger partial charge < -0.3 is 15.0 Å². The summed E-state index contributed by atoms with van der Waals surface area (Å²) in [6.45, 7) is 7.10. The molecule has 2 heterocycles. The Kier molecular flexibility index (Phi) is 9.75. The predicted molar refractivity (Wildman–Crippen MR) is 108 cm³/mol. The molecule has 0 aromatic heterocycles. The number of nitrogens with zero attached hydrogens (tertiary/aromatic N) is 1. The predicted octanol–water partition coefficient (Wildman–Crippen LogP) is 2.84. The van der Waals surface area contributed by atoms with Crippen LogP contribution in [-0.4, -0.2) is 55.1 Å². The molecule has 0 saturated carbocycles. The van der Waals surface area contributed by atoms with E-state index in [1.54, 1.807) is 4.90 Å². The smallest absolute Gasteiger partial charge is 0.414 e. The van der Waals surface area contributed by atoms with Gasteiger partial charge in [0, 0.05) is 19.5 Å². The van der Waals surface area contributed by atoms with E-state index in [9.17, 15) is 14.4 Å². The second kappa shape index (κ2) is 12.0. The number of unbranched alkanes of at least 4 members (excludes halogenated alkanes) is 1. The molecule has 0 radical (unpaired) electrons. The van der Waals surface area contributed by atoms with Crippen LogP contribution in [0.3, 0.4) is 0 Å². The molecule has 2 fully saturated rings. The number of carbonyl (C=O) groups excluding carboxylic acids is 3. The van der Waals surface area contributed by atoms with Crippen LogP contribution in [0.4, 0.5) is 4.79 Å². The van der Waals surface area contributed by atoms with Crippen molar-refractivity contribution in [1.82, 2.24) is 15.5 Å². The van der Waals surface area contributed by atoms with Crippen LogP contribution < -0.4 is 10.6 Å². The summed E-state index contributed by atoms with van der Waals surface area (Å²) in [7, 11) is 0. The number of imide groups is 1. The van der Waals surface area contributed by atoms with Gasteiger partial charge in [-0.1, -0.05) is 19.8 Å². The van der Waals surface area contributed by atoms with Crippen LogP contribution in [0, 0.1) is 11.8 Å². The minimum absolute atomic E-state index is 0.131. The number of rotatable bonds is 8. The molecule has 2 N–H and O–H groups in total. The van der Waals surface area contributed by atoms with Gasteiger partial charge in [-0.25, -0.2) is 4.79 Å². The average Bonchev–Trinajstić information content (AvgIpc) is 2.71. The SMILES string of the molecule is CCCC[C@@H](C)OC(=O)NC(=O)[C@@H]1CCCN(C(=O)CCC2CCNCC2)C1. The lowest BCUT2D eigenvalue weighted by Crippen LogP contribution is -2.47. The minimum atomic E-state index is -0.678. The third kappa shape index (κ3) is 7.78. The van der Waals surface area contributed by atoms with Crippen molar-refractivity contribution in [3.8, 4) is 0 Å². The van der Waals surface area contributed by atoms with Crippen molar-refractivity contribution in [2.24, 2.45) is 11.8 Å². The molecule has 0 spiro atoms. The van der Waals surface area contributed by atoms with Gasteiger partial charge in [0.15, 0.2) is 0 Å². The first-order chi connectivity index (χ1) is 13.5. The number of amides is 3. The number of hydrogen-bond acceptors (Lipinski definition) is 5. The Labute approximate surface area is 168 Å². The Morgan fingerprint density at radius 2 is 1.96 bits per heavy atom. The van der Waals surface area contributed by atoms with Gasteiger partial charge >= 0.3 is 6.09 Å². The van der Waals surface area contributed by atoms with E-state index in [4.69, 9.17) is 4.74 Å². The van der Waals surface area contributed by atoms with Crippen molar-refractivity contribution in [1.29, 1.82) is 0 Å². The molecule has 0 aromatic carbocycles. The molecule has 7 heteroatoms. The van der Waals surface area contributed by atoms with Crippen LogP contribution in [0.1, 0.15) is 71.6 Å². The van der Waals surface area contributed by atoms with Crippen LogP contribution in [0.15, 0.2) is 0 Å². The van der Waals surface area contributed by atoms with Crippen LogP contribution in [0.25, 0.3) is 0 Å². The van der Waals surface area contributed by atoms with Crippen LogP contribution in [-0.2, 0) is 14.3 Å². The quantitative estimate of drug-likeness (QED) is 0.660. The highest BCUT2D eigenvalue weighted by molar-refractivity contribution is 5.93. The highest BCUT2D eigenvalue weighted by atomic mass is 16.6. The largest absolute Gasteiger partial charge is 0.446 e. The molecule has 0 bridgehead atoms. The number of nitrogens with one attached hydrogen (secondary N) is 2. The molecule has 0 aromatic rings. The van der Waals surface area contributed by atoms with Crippen molar-refractivity contribution in [2.75, 3.05) is 26.2 Å². The lowest BCUT2D eigenvalue weighted by molar-refractivity contribution is -0.135. The molecule has 7 nitrogen and oxygen atoms in total. The van der Waals surface area contributed by atoms with E-state index in [1.165, 1.54) is 0 Å². The topological polar surface area (TPSA) is 87.7 Å². The maximum absolute atomic E-state index is 12.6. The number of carbonyl (C=O) groups is 3. The molecular weight excluding hydrogens is 358 g/mol. The van der Waals surface area contributed by atoms with Crippen molar-refractivity contribution in [3.63, 3.8) is 0 Å². The molecule has 160 valence electrons. The highest BCUT2D eigenvalue weighted by Crippen LogP contribution is 2.21. The summed E-state index contributed by atoms with van der Waals surface area (Å²) in [5.41, 5.74) is 0. The van der Waals surface area contributed by atoms with Crippen molar-refractivity contribution >= 4 is 17.9 Å². The van der Waals surface area contributed by atoms with E-state index in [0.717, 1.165) is 58.0 Å². The summed E-state index contributed by atoms with van der Waals surface area (Å²) in [6.07, 6.45) is 7.18. The van der Waals surface area contributed by atoms with E-state index in [0.29, 0.717) is 31.8 Å². The highest BCUT2D eigenvalue weighted by Gasteiger charge is 2.30. The van der Waals surface area contributed by atoms with Crippen LogP contribution in [0.5, 0.6) is 0 Å². The summed E-state index contributed by atoms with van der Waals surface area (Å²) >= 11 is 0. The number of piperidine rings is 2. The normalized spacial score (nSPS) is 21.8. The van der Waals surface area contributed by atoms with Crippen molar-refractivity contribution < 1.29 is 19.1 Å². The number of alkyl carbamates (subject to hydrolysis) is 1. The molecule has 2 rings (SSSR count). The molecule has 2 aliphatic heterocycles. The standard InChI is InChI=1S/C21H37N3O4/c1-3-4-6-16(2)28-21(27)23-20(26)18-7-5-14-24(15-18)19(25)9-8-17-10-12-22-13-11-17/h16-18,22H,3-15H2,1-2H3,(H,23,26,27)/t16-,18-/m1/s1. The molecule has 2 aliphatic rings. The number of hydrogen-bond donors (Lipinski definition) is 2. The van der Waals surface area contributed by atoms with Gasteiger partial charge in [0.25, 0.3) is 0 Å². The van der Waals surface area contributed by atoms with Gasteiger partial charge in [0.2, 0.25) is 11.8 Å². The monoisotopic (exact) mass is 395 g/mol. The third-order valence-electron chi connectivity index (χ3n) is 5.87. The van der Waals surface area contributed by atoms with E-state index >= 15 is 0 Å². The lowest BCUT2D eigenvalue weighted by Gasteiger charge is -2.32. The Morgan fingerprint density at radius 1 is 1.21 bits per heavy atom. The van der Waals surface area contributed by atoms with Gasteiger partial charge in [-0.05, 0) is 64.5 Å². The fraction of sp³-hybridized carbons (Fsp3) is 0.857. The maximum atomic E-state index is 12.6. The zero-order chi connectivity index (χ0) is 20.4. The molecular formula is C21H37N3O4. The third-order valence-corrected chi connectivity index (χ3v) is 5.87. The fourth-order valence-corrected chi connectivity index (χ4v) is 4.04. The summed E-state index contributed by atoms with van der Waals surface area (Å²) in [6, 6.07) is 0. The second-order valence-corrected chi connectivity index (χ2v) is 8.26. The average molecular weight is 396 g/mol. The first kappa shape index (κ1) is 22.7. The fourth-order valence-electron chi connectivity index (χ4n) is 4.04. The van der Waals surface area contributed by atoms with Crippen molar-refractivity contribution in [2.45, 2.75) is 77.7 Å².